The van der Waals surface area contributed by atoms with Crippen LogP contribution in [0.3, 0.4) is 0 Å². The van der Waals surface area contributed by atoms with Gasteiger partial charge in [0.05, 0.1) is 0 Å². The number of aliphatic hydroxyl groups excluding tert-OH is 1. The standard InChI is InChI=1S/C11H22O/c1-9(2)7-11(4)8-10(3)5-6-12/h7,9-10,12H,5-6,8H2,1-4H3. The minimum Gasteiger partial charge on any atom is -0.396 e. The molecule has 0 aromatic rings. The Morgan fingerprint density at radius 2 is 1.92 bits per heavy atom. The third-order valence-corrected chi connectivity index (χ3v) is 1.91. The van der Waals surface area contributed by atoms with Crippen molar-refractivity contribution in [1.29, 1.82) is 0 Å². The predicted molar refractivity (Wildman–Crippen MR) is 54.1 cm³/mol. The molecular formula is C11H22O. The quantitative estimate of drug-likeness (QED) is 0.629. The summed E-state index contributed by atoms with van der Waals surface area (Å²) in [6.07, 6.45) is 4.34. The second-order valence-corrected chi connectivity index (χ2v) is 4.08. The zero-order valence-corrected chi connectivity index (χ0v) is 8.80. The molecule has 1 atom stereocenters. The third-order valence-electron chi connectivity index (χ3n) is 1.91. The van der Waals surface area contributed by atoms with Crippen LogP contribution in [0.4, 0.5) is 0 Å². The summed E-state index contributed by atoms with van der Waals surface area (Å²) in [5.74, 6) is 1.26. The Morgan fingerprint density at radius 1 is 1.33 bits per heavy atom. The number of aliphatic hydroxyl groups is 1. The molecule has 0 saturated carbocycles. The molecule has 1 heteroatoms. The zero-order valence-electron chi connectivity index (χ0n) is 8.80. The largest absolute Gasteiger partial charge is 0.396 e. The third kappa shape index (κ3) is 6.41. The summed E-state index contributed by atoms with van der Waals surface area (Å²) < 4.78 is 0. The summed E-state index contributed by atoms with van der Waals surface area (Å²) in [6, 6.07) is 0. The average Bonchev–Trinajstić information content (AvgIpc) is 1.84. The maximum atomic E-state index is 8.71. The highest BCUT2D eigenvalue weighted by Crippen LogP contribution is 2.15. The van der Waals surface area contributed by atoms with Crippen LogP contribution in [-0.2, 0) is 0 Å². The highest BCUT2D eigenvalue weighted by atomic mass is 16.2. The Labute approximate surface area is 76.5 Å². The first-order valence-corrected chi connectivity index (χ1v) is 4.84. The summed E-state index contributed by atoms with van der Waals surface area (Å²) in [6.45, 7) is 9.07. The SMILES string of the molecule is CC(=CC(C)C)CC(C)CCO. The van der Waals surface area contributed by atoms with Crippen molar-refractivity contribution in [3.63, 3.8) is 0 Å². The Hall–Kier alpha value is -0.300. The highest BCUT2D eigenvalue weighted by Gasteiger charge is 2.02. The van der Waals surface area contributed by atoms with Gasteiger partial charge < -0.3 is 5.11 Å². The van der Waals surface area contributed by atoms with Crippen molar-refractivity contribution in [3.05, 3.63) is 11.6 Å². The molecule has 0 spiro atoms. The first kappa shape index (κ1) is 11.7. The predicted octanol–water partition coefficient (Wildman–Crippen LogP) is 3.00. The molecule has 0 aliphatic carbocycles. The van der Waals surface area contributed by atoms with Crippen molar-refractivity contribution in [3.8, 4) is 0 Å². The second-order valence-electron chi connectivity index (χ2n) is 4.08. The van der Waals surface area contributed by atoms with Crippen LogP contribution in [0.1, 0.15) is 40.5 Å². The van der Waals surface area contributed by atoms with Gasteiger partial charge >= 0.3 is 0 Å². The van der Waals surface area contributed by atoms with E-state index in [0.29, 0.717) is 18.4 Å². The van der Waals surface area contributed by atoms with Crippen molar-refractivity contribution in [1.82, 2.24) is 0 Å². The van der Waals surface area contributed by atoms with Crippen LogP contribution in [0.2, 0.25) is 0 Å². The summed E-state index contributed by atoms with van der Waals surface area (Å²) in [7, 11) is 0. The van der Waals surface area contributed by atoms with E-state index in [1.807, 2.05) is 0 Å². The molecule has 0 rings (SSSR count). The van der Waals surface area contributed by atoms with E-state index in [-0.39, 0.29) is 0 Å². The van der Waals surface area contributed by atoms with Gasteiger partial charge in [0.2, 0.25) is 0 Å². The van der Waals surface area contributed by atoms with E-state index < -0.39 is 0 Å². The lowest BCUT2D eigenvalue weighted by atomic mass is 9.97. The number of allylic oxidation sites excluding steroid dienone is 2. The Morgan fingerprint density at radius 3 is 2.33 bits per heavy atom. The van der Waals surface area contributed by atoms with Crippen LogP contribution < -0.4 is 0 Å². The Kier molecular flexibility index (Phi) is 6.09. The van der Waals surface area contributed by atoms with E-state index in [4.69, 9.17) is 5.11 Å². The van der Waals surface area contributed by atoms with E-state index in [1.54, 1.807) is 0 Å². The maximum absolute atomic E-state index is 8.71. The Bertz CT molecular complexity index is 136. The van der Waals surface area contributed by atoms with Crippen molar-refractivity contribution in [2.24, 2.45) is 11.8 Å². The number of rotatable bonds is 5. The number of hydrogen-bond acceptors (Lipinski definition) is 1. The Balaban J connectivity index is 3.74. The van der Waals surface area contributed by atoms with Crippen LogP contribution >= 0.6 is 0 Å². The molecule has 0 bridgehead atoms. The molecule has 0 aliphatic rings. The summed E-state index contributed by atoms with van der Waals surface area (Å²) >= 11 is 0. The fourth-order valence-electron chi connectivity index (χ4n) is 1.51. The molecule has 0 aromatic heterocycles. The first-order valence-electron chi connectivity index (χ1n) is 4.84. The van der Waals surface area contributed by atoms with Crippen molar-refractivity contribution in [2.45, 2.75) is 40.5 Å². The number of hydrogen-bond donors (Lipinski definition) is 1. The van der Waals surface area contributed by atoms with Crippen molar-refractivity contribution < 1.29 is 5.11 Å². The van der Waals surface area contributed by atoms with Crippen LogP contribution in [0.15, 0.2) is 11.6 Å². The van der Waals surface area contributed by atoms with Gasteiger partial charge in [-0.05, 0) is 31.6 Å². The lowest BCUT2D eigenvalue weighted by molar-refractivity contribution is 0.262. The minimum atomic E-state index is 0.316. The summed E-state index contributed by atoms with van der Waals surface area (Å²) in [5, 5.41) is 8.71. The van der Waals surface area contributed by atoms with Crippen molar-refractivity contribution in [2.75, 3.05) is 6.61 Å². The highest BCUT2D eigenvalue weighted by molar-refractivity contribution is 5.00. The van der Waals surface area contributed by atoms with Crippen molar-refractivity contribution >= 4 is 0 Å². The molecule has 1 unspecified atom stereocenters. The molecule has 1 N–H and O–H groups in total. The molecule has 0 aromatic carbocycles. The first-order chi connectivity index (χ1) is 5.56. The van der Waals surface area contributed by atoms with E-state index >= 15 is 0 Å². The molecule has 0 amide bonds. The summed E-state index contributed by atoms with van der Waals surface area (Å²) in [5.41, 5.74) is 1.45. The van der Waals surface area contributed by atoms with E-state index in [0.717, 1.165) is 12.8 Å². The van der Waals surface area contributed by atoms with Gasteiger partial charge in [0, 0.05) is 6.61 Å². The van der Waals surface area contributed by atoms with Gasteiger partial charge in [0.15, 0.2) is 0 Å². The van der Waals surface area contributed by atoms with Gasteiger partial charge in [0.25, 0.3) is 0 Å². The topological polar surface area (TPSA) is 20.2 Å². The molecule has 0 heterocycles. The second kappa shape index (κ2) is 6.24. The molecule has 12 heavy (non-hydrogen) atoms. The maximum Gasteiger partial charge on any atom is 0.0433 e. The lowest BCUT2D eigenvalue weighted by Crippen LogP contribution is -1.99. The molecule has 0 saturated heterocycles. The van der Waals surface area contributed by atoms with Crippen LogP contribution in [0, 0.1) is 11.8 Å². The zero-order chi connectivity index (χ0) is 9.56. The van der Waals surface area contributed by atoms with Gasteiger partial charge in [-0.25, -0.2) is 0 Å². The van der Waals surface area contributed by atoms with Crippen LogP contribution in [-0.4, -0.2) is 11.7 Å². The monoisotopic (exact) mass is 170 g/mol. The van der Waals surface area contributed by atoms with Gasteiger partial charge in [-0.2, -0.15) is 0 Å². The molecule has 0 aliphatic heterocycles. The van der Waals surface area contributed by atoms with E-state index in [1.165, 1.54) is 5.57 Å². The minimum absolute atomic E-state index is 0.316. The van der Waals surface area contributed by atoms with Gasteiger partial charge in [-0.3, -0.25) is 0 Å². The molecule has 0 radical (unpaired) electrons. The van der Waals surface area contributed by atoms with Gasteiger partial charge in [-0.1, -0.05) is 32.4 Å². The van der Waals surface area contributed by atoms with Crippen LogP contribution in [0.25, 0.3) is 0 Å². The fourth-order valence-corrected chi connectivity index (χ4v) is 1.51. The van der Waals surface area contributed by atoms with E-state index in [2.05, 4.69) is 33.8 Å². The average molecular weight is 170 g/mol. The van der Waals surface area contributed by atoms with E-state index in [9.17, 15) is 0 Å². The smallest absolute Gasteiger partial charge is 0.0433 e. The molecular weight excluding hydrogens is 148 g/mol. The van der Waals surface area contributed by atoms with Crippen LogP contribution in [0.5, 0.6) is 0 Å². The van der Waals surface area contributed by atoms with Gasteiger partial charge in [0.1, 0.15) is 0 Å². The lowest BCUT2D eigenvalue weighted by Gasteiger charge is -2.10. The summed E-state index contributed by atoms with van der Waals surface area (Å²) in [4.78, 5) is 0. The molecule has 72 valence electrons. The fraction of sp³-hybridized carbons (Fsp3) is 0.818. The normalized spacial score (nSPS) is 15.3. The van der Waals surface area contributed by atoms with Gasteiger partial charge in [-0.15, -0.1) is 0 Å². The molecule has 0 fully saturated rings. The molecule has 1 nitrogen and oxygen atoms in total.